The van der Waals surface area contributed by atoms with Gasteiger partial charge in [0, 0.05) is 17.5 Å². The molecule has 2 rings (SSSR count). The molecule has 0 aliphatic carbocycles. The lowest BCUT2D eigenvalue weighted by molar-refractivity contribution is -0.149. The lowest BCUT2D eigenvalue weighted by Gasteiger charge is -2.23. The summed E-state index contributed by atoms with van der Waals surface area (Å²) in [4.78, 5) is 12.2. The van der Waals surface area contributed by atoms with Gasteiger partial charge in [0.2, 0.25) is 0 Å². The van der Waals surface area contributed by atoms with E-state index in [1.165, 1.54) is 4.88 Å². The van der Waals surface area contributed by atoms with E-state index >= 15 is 0 Å². The minimum atomic E-state index is -0.846. The van der Waals surface area contributed by atoms with Crippen molar-refractivity contribution in [3.8, 4) is 0 Å². The third-order valence-corrected chi connectivity index (χ3v) is 4.42. The molecule has 0 aromatic carbocycles. The molecule has 4 nitrogen and oxygen atoms in total. The van der Waals surface area contributed by atoms with Gasteiger partial charge in [-0.05, 0) is 30.2 Å². The van der Waals surface area contributed by atoms with Gasteiger partial charge in [0.25, 0.3) is 0 Å². The molecule has 5 heteroatoms. The second kappa shape index (κ2) is 6.50. The number of thiophene rings is 1. The zero-order valence-electron chi connectivity index (χ0n) is 11.3. The van der Waals surface area contributed by atoms with Crippen LogP contribution in [0.3, 0.4) is 0 Å². The average molecular weight is 283 g/mol. The van der Waals surface area contributed by atoms with Gasteiger partial charge >= 0.3 is 5.97 Å². The molecule has 0 bridgehead atoms. The summed E-state index contributed by atoms with van der Waals surface area (Å²) >= 11 is 1.75. The van der Waals surface area contributed by atoms with Crippen molar-refractivity contribution in [3.05, 3.63) is 22.4 Å². The third-order valence-electron chi connectivity index (χ3n) is 3.46. The quantitative estimate of drug-likeness (QED) is 0.842. The summed E-state index contributed by atoms with van der Waals surface area (Å²) in [5.74, 6) is -0.350. The summed E-state index contributed by atoms with van der Waals surface area (Å²) in [6, 6.07) is 4.51. The molecular formula is C14H21NO3S. The van der Waals surface area contributed by atoms with Gasteiger partial charge in [-0.2, -0.15) is 0 Å². The molecule has 1 aromatic heterocycles. The zero-order valence-corrected chi connectivity index (χ0v) is 12.2. The number of aliphatic carboxylic acids is 1. The molecule has 1 saturated heterocycles. The zero-order chi connectivity index (χ0) is 13.8. The number of carbonyl (C=O) groups is 1. The molecule has 0 spiro atoms. The fourth-order valence-corrected chi connectivity index (χ4v) is 3.40. The first-order valence-electron chi connectivity index (χ1n) is 6.73. The van der Waals surface area contributed by atoms with E-state index in [1.807, 2.05) is 0 Å². The van der Waals surface area contributed by atoms with Crippen molar-refractivity contribution in [2.75, 3.05) is 6.54 Å². The molecule has 2 N–H and O–H groups in total. The molecule has 0 radical (unpaired) electrons. The molecule has 3 atom stereocenters. The fourth-order valence-electron chi connectivity index (χ4n) is 2.43. The molecule has 1 aliphatic heterocycles. The normalized spacial score (nSPS) is 24.8. The van der Waals surface area contributed by atoms with Gasteiger partial charge in [-0.15, -0.1) is 11.3 Å². The summed E-state index contributed by atoms with van der Waals surface area (Å²) < 4.78 is 5.51. The van der Waals surface area contributed by atoms with Gasteiger partial charge in [-0.3, -0.25) is 0 Å². The number of ether oxygens (including phenoxy) is 1. The molecule has 1 aromatic rings. The molecule has 19 heavy (non-hydrogen) atoms. The van der Waals surface area contributed by atoms with E-state index in [4.69, 9.17) is 9.84 Å². The predicted octanol–water partition coefficient (Wildman–Crippen LogP) is 2.67. The Bertz CT molecular complexity index is 405. The molecule has 3 unspecified atom stereocenters. The highest BCUT2D eigenvalue weighted by Gasteiger charge is 2.30. The van der Waals surface area contributed by atoms with Gasteiger partial charge in [0.15, 0.2) is 6.10 Å². The number of rotatable bonds is 6. The van der Waals surface area contributed by atoms with Crippen LogP contribution in [0.25, 0.3) is 0 Å². The van der Waals surface area contributed by atoms with Crippen molar-refractivity contribution in [1.82, 2.24) is 5.32 Å². The molecule has 106 valence electrons. The smallest absolute Gasteiger partial charge is 0.332 e. The summed E-state index contributed by atoms with van der Waals surface area (Å²) in [5, 5.41) is 14.5. The van der Waals surface area contributed by atoms with E-state index in [0.29, 0.717) is 24.9 Å². The van der Waals surface area contributed by atoms with Crippen LogP contribution < -0.4 is 5.32 Å². The Morgan fingerprint density at radius 1 is 1.58 bits per heavy atom. The minimum Gasteiger partial charge on any atom is -0.479 e. The van der Waals surface area contributed by atoms with Crippen molar-refractivity contribution in [2.45, 2.75) is 44.9 Å². The highest BCUT2D eigenvalue weighted by molar-refractivity contribution is 7.10. The van der Waals surface area contributed by atoms with Crippen molar-refractivity contribution < 1.29 is 14.6 Å². The first-order chi connectivity index (χ1) is 9.08. The number of nitrogens with one attached hydrogen (secondary N) is 1. The molecule has 2 heterocycles. The first kappa shape index (κ1) is 14.5. The summed E-state index contributed by atoms with van der Waals surface area (Å²) in [7, 11) is 0. The van der Waals surface area contributed by atoms with Crippen LogP contribution in [-0.2, 0) is 9.53 Å². The van der Waals surface area contributed by atoms with E-state index in [-0.39, 0.29) is 6.10 Å². The molecular weight excluding hydrogens is 262 g/mol. The Morgan fingerprint density at radius 2 is 2.37 bits per heavy atom. The van der Waals surface area contributed by atoms with Crippen LogP contribution in [0.1, 0.15) is 37.6 Å². The van der Waals surface area contributed by atoms with Crippen LogP contribution in [0.2, 0.25) is 0 Å². The van der Waals surface area contributed by atoms with Crippen molar-refractivity contribution >= 4 is 17.3 Å². The highest BCUT2D eigenvalue weighted by atomic mass is 32.1. The van der Waals surface area contributed by atoms with Gasteiger partial charge < -0.3 is 15.2 Å². The summed E-state index contributed by atoms with van der Waals surface area (Å²) in [6.45, 7) is 5.09. The summed E-state index contributed by atoms with van der Waals surface area (Å²) in [6.07, 6.45) is 0.833. The Labute approximate surface area is 117 Å². The number of carboxylic acid groups (broad SMARTS) is 1. The minimum absolute atomic E-state index is 0.0160. The topological polar surface area (TPSA) is 58.6 Å². The van der Waals surface area contributed by atoms with E-state index in [2.05, 4.69) is 36.7 Å². The van der Waals surface area contributed by atoms with Crippen molar-refractivity contribution in [3.63, 3.8) is 0 Å². The lowest BCUT2D eigenvalue weighted by atomic mass is 10.0. The molecule has 1 fully saturated rings. The number of hydrogen-bond acceptors (Lipinski definition) is 4. The Hall–Kier alpha value is -0.910. The van der Waals surface area contributed by atoms with Crippen LogP contribution in [0, 0.1) is 5.92 Å². The molecule has 1 aliphatic rings. The van der Waals surface area contributed by atoms with Crippen LogP contribution in [0.15, 0.2) is 17.5 Å². The summed E-state index contributed by atoms with van der Waals surface area (Å²) in [5.41, 5.74) is 0. The Balaban J connectivity index is 1.85. The van der Waals surface area contributed by atoms with E-state index < -0.39 is 12.1 Å². The first-order valence-corrected chi connectivity index (χ1v) is 7.61. The fraction of sp³-hybridized carbons (Fsp3) is 0.643. The van der Waals surface area contributed by atoms with Crippen LogP contribution in [0.5, 0.6) is 0 Å². The number of carboxylic acids is 1. The molecule has 0 saturated carbocycles. The van der Waals surface area contributed by atoms with Crippen LogP contribution >= 0.6 is 11.3 Å². The van der Waals surface area contributed by atoms with Gasteiger partial charge in [-0.25, -0.2) is 4.79 Å². The lowest BCUT2D eigenvalue weighted by Crippen LogP contribution is -2.33. The van der Waals surface area contributed by atoms with E-state index in [0.717, 1.165) is 6.42 Å². The second-order valence-corrected chi connectivity index (χ2v) is 6.29. The maximum absolute atomic E-state index is 10.8. The van der Waals surface area contributed by atoms with E-state index in [1.54, 1.807) is 11.3 Å². The largest absolute Gasteiger partial charge is 0.479 e. The maximum atomic E-state index is 10.8. The standard InChI is InChI=1S/C14H21NO3S/c1-9(2)13(12-4-3-7-19-12)15-8-10-5-6-11(18-10)14(16)17/h3-4,7,9-11,13,15H,5-6,8H2,1-2H3,(H,16,17). The second-order valence-electron chi connectivity index (χ2n) is 5.31. The SMILES string of the molecule is CC(C)C(NCC1CCC(C(=O)O)O1)c1cccs1. The number of hydrogen-bond donors (Lipinski definition) is 2. The van der Waals surface area contributed by atoms with Crippen molar-refractivity contribution in [1.29, 1.82) is 0 Å². The van der Waals surface area contributed by atoms with Crippen LogP contribution in [-0.4, -0.2) is 29.8 Å². The predicted molar refractivity (Wildman–Crippen MR) is 75.4 cm³/mol. The third kappa shape index (κ3) is 3.78. The maximum Gasteiger partial charge on any atom is 0.332 e. The highest BCUT2D eigenvalue weighted by Crippen LogP contribution is 2.27. The van der Waals surface area contributed by atoms with E-state index in [9.17, 15) is 4.79 Å². The monoisotopic (exact) mass is 283 g/mol. The Kier molecular flexibility index (Phi) is 4.96. The van der Waals surface area contributed by atoms with Crippen molar-refractivity contribution in [2.24, 2.45) is 5.92 Å². The Morgan fingerprint density at radius 3 is 2.89 bits per heavy atom. The van der Waals surface area contributed by atoms with Gasteiger partial charge in [-0.1, -0.05) is 19.9 Å². The van der Waals surface area contributed by atoms with Gasteiger partial charge in [0.05, 0.1) is 6.10 Å². The van der Waals surface area contributed by atoms with Gasteiger partial charge in [0.1, 0.15) is 0 Å². The average Bonchev–Trinajstić information content (AvgIpc) is 2.98. The van der Waals surface area contributed by atoms with Crippen LogP contribution in [0.4, 0.5) is 0 Å². The molecule has 0 amide bonds.